The van der Waals surface area contributed by atoms with E-state index in [2.05, 4.69) is 13.2 Å². The van der Waals surface area contributed by atoms with Crippen LogP contribution in [0.1, 0.15) is 39.0 Å². The molecule has 52 valence electrons. The van der Waals surface area contributed by atoms with Gasteiger partial charge in [0.25, 0.3) is 0 Å². The first-order valence-electron chi connectivity index (χ1n) is 3.75. The topological polar surface area (TPSA) is 0 Å². The van der Waals surface area contributed by atoms with Crippen LogP contribution in [0.3, 0.4) is 0 Å². The highest BCUT2D eigenvalue weighted by atomic mass is 31.1. The Balaban J connectivity index is 2.46. The summed E-state index contributed by atoms with van der Waals surface area (Å²) < 4.78 is 0. The van der Waals surface area contributed by atoms with Gasteiger partial charge in [0.2, 0.25) is 0 Å². The Morgan fingerprint density at radius 2 is 1.78 bits per heavy atom. The van der Waals surface area contributed by atoms with E-state index in [0.717, 1.165) is 0 Å². The molecule has 0 heterocycles. The fourth-order valence-corrected chi connectivity index (χ4v) is 2.10. The first-order chi connectivity index (χ1) is 4.27. The van der Waals surface area contributed by atoms with E-state index in [9.17, 15) is 0 Å². The summed E-state index contributed by atoms with van der Waals surface area (Å²) in [7, 11) is 1.35. The molecular weight excluding hydrogens is 127 g/mol. The molecule has 0 aromatic rings. The van der Waals surface area contributed by atoms with Gasteiger partial charge in [0.15, 0.2) is 0 Å². The zero-order valence-corrected chi connectivity index (χ0v) is 7.08. The monoisotopic (exact) mass is 142 g/mol. The van der Waals surface area contributed by atoms with E-state index in [4.69, 9.17) is 0 Å². The highest BCUT2D eigenvalue weighted by Crippen LogP contribution is 2.37. The van der Waals surface area contributed by atoms with Gasteiger partial charge in [-0.25, -0.2) is 0 Å². The van der Waals surface area contributed by atoms with Gasteiger partial charge in [-0.2, -0.15) is 0 Å². The van der Waals surface area contributed by atoms with Gasteiger partial charge in [-0.1, -0.05) is 32.5 Å². The summed E-state index contributed by atoms with van der Waals surface area (Å²) in [6.45, 7) is 2.36. The molecule has 1 rings (SSSR count). The zero-order valence-electron chi connectivity index (χ0n) is 6.19. The number of rotatable bonds is 1. The van der Waals surface area contributed by atoms with E-state index >= 15 is 0 Å². The average Bonchev–Trinajstić information content (AvgIpc) is 1.90. The summed E-state index contributed by atoms with van der Waals surface area (Å²) in [5.41, 5.74) is 0. The smallest absolute Gasteiger partial charge is 0.00882 e. The summed E-state index contributed by atoms with van der Waals surface area (Å²) in [5, 5.41) is 0.582. The summed E-state index contributed by atoms with van der Waals surface area (Å²) in [6.07, 6.45) is 11.1. The van der Waals surface area contributed by atoms with Crippen molar-refractivity contribution in [3.63, 3.8) is 0 Å². The molecule has 0 aromatic carbocycles. The second kappa shape index (κ2) is 2.84. The Morgan fingerprint density at radius 1 is 1.22 bits per heavy atom. The molecule has 0 radical (unpaired) electrons. The van der Waals surface area contributed by atoms with Crippen LogP contribution in [0.15, 0.2) is 0 Å². The predicted octanol–water partition coefficient (Wildman–Crippen LogP) is 3.09. The van der Waals surface area contributed by atoms with Gasteiger partial charge < -0.3 is 0 Å². The molecule has 0 nitrogen and oxygen atoms in total. The van der Waals surface area contributed by atoms with Crippen molar-refractivity contribution in [2.45, 2.75) is 44.2 Å². The Morgan fingerprint density at radius 3 is 2.11 bits per heavy atom. The van der Waals surface area contributed by atoms with Gasteiger partial charge in [0.05, 0.1) is 0 Å². The maximum absolute atomic E-state index is 3.95. The zero-order chi connectivity index (χ0) is 6.74. The molecule has 0 atom stereocenters. The Bertz CT molecular complexity index is 101. The van der Waals surface area contributed by atoms with Crippen LogP contribution in [0.25, 0.3) is 0 Å². The Hall–Kier alpha value is 0.170. The fraction of sp³-hybridized carbons (Fsp3) is 0.875. The number of hydrogen-bond donors (Lipinski definition) is 0. The normalized spacial score (nSPS) is 26.3. The largest absolute Gasteiger partial charge is 0.106 e. The minimum atomic E-state index is 0.582. The van der Waals surface area contributed by atoms with Crippen LogP contribution >= 0.6 is 8.20 Å². The summed E-state index contributed by atoms with van der Waals surface area (Å²) in [4.78, 5) is 0. The lowest BCUT2D eigenvalue weighted by molar-refractivity contribution is 0.421. The summed E-state index contributed by atoms with van der Waals surface area (Å²) in [5.74, 6) is 0. The molecule has 9 heavy (non-hydrogen) atoms. The van der Waals surface area contributed by atoms with Crippen molar-refractivity contribution in [1.82, 2.24) is 0 Å². The van der Waals surface area contributed by atoms with Crippen LogP contribution in [0.5, 0.6) is 0 Å². The average molecular weight is 142 g/mol. The van der Waals surface area contributed by atoms with Gasteiger partial charge in [-0.15, -0.1) is 8.20 Å². The van der Waals surface area contributed by atoms with Gasteiger partial charge >= 0.3 is 0 Å². The lowest BCUT2D eigenvalue weighted by Crippen LogP contribution is -2.19. The van der Waals surface area contributed by atoms with Gasteiger partial charge in [-0.05, 0) is 12.8 Å². The molecule has 0 aromatic heterocycles. The quantitative estimate of drug-likeness (QED) is 0.493. The second-order valence-corrected chi connectivity index (χ2v) is 4.61. The SMILES string of the molecule is C=PC1(C)CCCCC1. The molecule has 1 heteroatoms. The lowest BCUT2D eigenvalue weighted by atomic mass is 9.90. The van der Waals surface area contributed by atoms with E-state index in [-0.39, 0.29) is 0 Å². The number of hydrogen-bond acceptors (Lipinski definition) is 0. The van der Waals surface area contributed by atoms with E-state index in [1.54, 1.807) is 0 Å². The van der Waals surface area contributed by atoms with Crippen LogP contribution in [0.4, 0.5) is 0 Å². The minimum Gasteiger partial charge on any atom is -0.106 e. The van der Waals surface area contributed by atoms with Gasteiger partial charge in [0.1, 0.15) is 0 Å². The molecule has 0 aliphatic heterocycles. The highest BCUT2D eigenvalue weighted by Gasteiger charge is 2.22. The molecule has 1 aliphatic carbocycles. The Labute approximate surface area is 59.5 Å². The van der Waals surface area contributed by atoms with Crippen molar-refractivity contribution < 1.29 is 0 Å². The minimum absolute atomic E-state index is 0.582. The van der Waals surface area contributed by atoms with Crippen LogP contribution in [0, 0.1) is 0 Å². The summed E-state index contributed by atoms with van der Waals surface area (Å²) >= 11 is 0. The molecule has 1 fully saturated rings. The van der Waals surface area contributed by atoms with E-state index in [1.165, 1.54) is 40.3 Å². The van der Waals surface area contributed by atoms with Gasteiger partial charge in [-0.3, -0.25) is 0 Å². The standard InChI is InChI=1S/C8H15P/c1-8(9-2)6-4-3-5-7-8/h2-7H2,1H3. The van der Waals surface area contributed by atoms with E-state index < -0.39 is 0 Å². The molecule has 1 saturated carbocycles. The van der Waals surface area contributed by atoms with Crippen LogP contribution in [0.2, 0.25) is 0 Å². The van der Waals surface area contributed by atoms with Crippen molar-refractivity contribution in [2.24, 2.45) is 0 Å². The van der Waals surface area contributed by atoms with Crippen molar-refractivity contribution in [3.8, 4) is 0 Å². The third kappa shape index (κ3) is 1.79. The maximum Gasteiger partial charge on any atom is 0.00882 e. The van der Waals surface area contributed by atoms with Crippen LogP contribution < -0.4 is 0 Å². The fourth-order valence-electron chi connectivity index (χ4n) is 1.47. The highest BCUT2D eigenvalue weighted by molar-refractivity contribution is 7.38. The molecule has 1 aliphatic rings. The first kappa shape index (κ1) is 7.28. The van der Waals surface area contributed by atoms with Crippen LogP contribution in [-0.4, -0.2) is 11.5 Å². The maximum atomic E-state index is 3.95. The predicted molar refractivity (Wildman–Crippen MR) is 45.5 cm³/mol. The van der Waals surface area contributed by atoms with Crippen molar-refractivity contribution >= 4 is 14.5 Å². The first-order valence-corrected chi connectivity index (χ1v) is 4.83. The van der Waals surface area contributed by atoms with Crippen molar-refractivity contribution in [1.29, 1.82) is 0 Å². The van der Waals surface area contributed by atoms with Crippen LogP contribution in [-0.2, 0) is 0 Å². The molecular formula is C8H15P. The van der Waals surface area contributed by atoms with E-state index in [1.807, 2.05) is 0 Å². The third-order valence-corrected chi connectivity index (χ3v) is 3.52. The lowest BCUT2D eigenvalue weighted by Gasteiger charge is -2.28. The molecule has 0 spiro atoms. The molecule has 0 amide bonds. The molecule has 0 saturated heterocycles. The summed E-state index contributed by atoms with van der Waals surface area (Å²) in [6, 6.07) is 0. The Kier molecular flexibility index (Phi) is 2.29. The molecule has 0 N–H and O–H groups in total. The third-order valence-electron chi connectivity index (χ3n) is 2.31. The van der Waals surface area contributed by atoms with E-state index in [0.29, 0.717) is 5.16 Å². The molecule has 0 unspecified atom stereocenters. The van der Waals surface area contributed by atoms with Crippen molar-refractivity contribution in [3.05, 3.63) is 0 Å². The van der Waals surface area contributed by atoms with Gasteiger partial charge in [0, 0.05) is 5.16 Å². The second-order valence-electron chi connectivity index (χ2n) is 3.22. The van der Waals surface area contributed by atoms with Crippen molar-refractivity contribution in [2.75, 3.05) is 0 Å². The molecule has 0 bridgehead atoms.